The summed E-state index contributed by atoms with van der Waals surface area (Å²) in [5.74, 6) is -0.104. The number of carbonyl (C=O) groups excluding carboxylic acids is 2. The first-order valence-corrected chi connectivity index (χ1v) is 9.33. The van der Waals surface area contributed by atoms with Crippen molar-refractivity contribution in [3.8, 4) is 0 Å². The number of rotatable bonds is 8. The predicted octanol–water partition coefficient (Wildman–Crippen LogP) is 1.48. The highest BCUT2D eigenvalue weighted by molar-refractivity contribution is 5.88. The first-order chi connectivity index (χ1) is 12.4. The third-order valence-electron chi connectivity index (χ3n) is 4.57. The number of aromatic amines is 1. The van der Waals surface area contributed by atoms with Gasteiger partial charge >= 0.3 is 0 Å². The first kappa shape index (κ1) is 20.2. The molecule has 0 aliphatic carbocycles. The lowest BCUT2D eigenvalue weighted by Gasteiger charge is -2.34. The van der Waals surface area contributed by atoms with Gasteiger partial charge in [0.1, 0.15) is 0 Å². The maximum Gasteiger partial charge on any atom is 0.237 e. The molecule has 1 unspecified atom stereocenters. The number of hydrogen-bond donors (Lipinski definition) is 2. The molecule has 2 heterocycles. The molecule has 1 aromatic rings. The smallest absolute Gasteiger partial charge is 0.237 e. The second-order valence-electron chi connectivity index (χ2n) is 7.17. The van der Waals surface area contributed by atoms with Crippen LogP contribution in [0.3, 0.4) is 0 Å². The van der Waals surface area contributed by atoms with Crippen molar-refractivity contribution in [1.29, 1.82) is 0 Å². The highest BCUT2D eigenvalue weighted by atomic mass is 16.2. The van der Waals surface area contributed by atoms with Crippen molar-refractivity contribution in [2.75, 3.05) is 26.7 Å². The number of aromatic nitrogens is 2. The van der Waals surface area contributed by atoms with Crippen molar-refractivity contribution >= 4 is 11.8 Å². The molecular formula is C19H31N5O2. The molecule has 0 spiro atoms. The number of aryl methyl sites for hydroxylation is 1. The van der Waals surface area contributed by atoms with Gasteiger partial charge in [0.2, 0.25) is 11.8 Å². The van der Waals surface area contributed by atoms with Gasteiger partial charge in [0.25, 0.3) is 0 Å². The van der Waals surface area contributed by atoms with Gasteiger partial charge in [-0.15, -0.1) is 0 Å². The van der Waals surface area contributed by atoms with Gasteiger partial charge in [0.15, 0.2) is 0 Å². The third-order valence-corrected chi connectivity index (χ3v) is 4.57. The van der Waals surface area contributed by atoms with Crippen LogP contribution in [0.5, 0.6) is 0 Å². The summed E-state index contributed by atoms with van der Waals surface area (Å²) in [5, 5.41) is 10.1. The van der Waals surface area contributed by atoms with E-state index >= 15 is 0 Å². The number of carbonyl (C=O) groups is 2. The maximum absolute atomic E-state index is 12.6. The van der Waals surface area contributed by atoms with Gasteiger partial charge in [-0.1, -0.05) is 25.0 Å². The minimum absolute atomic E-state index is 0.0408. The second kappa shape index (κ2) is 9.52. The fraction of sp³-hybridized carbons (Fsp3) is 0.632. The van der Waals surface area contributed by atoms with Crippen LogP contribution in [0.2, 0.25) is 0 Å². The standard InChI is InChI=1S/C19H31N5O2/c1-5-6-15-11-16(22-21-15)13-23(4)18(25)12-17-19(26)20-8-10-24(17)9-7-14(2)3/h7,11,17H,5-6,8-10,12-13H2,1-4H3,(H,20,26)(H,21,22). The lowest BCUT2D eigenvalue weighted by molar-refractivity contribution is -0.138. The zero-order valence-corrected chi connectivity index (χ0v) is 16.3. The monoisotopic (exact) mass is 361 g/mol. The van der Waals surface area contributed by atoms with Crippen LogP contribution in [0.4, 0.5) is 0 Å². The molecule has 1 aromatic heterocycles. The summed E-state index contributed by atoms with van der Waals surface area (Å²) in [7, 11) is 1.77. The number of piperazine rings is 1. The molecule has 1 aliphatic rings. The average molecular weight is 361 g/mol. The molecule has 7 nitrogen and oxygen atoms in total. The van der Waals surface area contributed by atoms with Crippen LogP contribution in [0.25, 0.3) is 0 Å². The lowest BCUT2D eigenvalue weighted by Crippen LogP contribution is -2.56. The number of allylic oxidation sites excluding steroid dienone is 1. The van der Waals surface area contributed by atoms with Crippen LogP contribution in [-0.2, 0) is 22.6 Å². The summed E-state index contributed by atoms with van der Waals surface area (Å²) < 4.78 is 0. The second-order valence-corrected chi connectivity index (χ2v) is 7.17. The summed E-state index contributed by atoms with van der Waals surface area (Å²) in [6, 6.07) is 1.59. The Bertz CT molecular complexity index is 648. The Morgan fingerprint density at radius 2 is 2.23 bits per heavy atom. The van der Waals surface area contributed by atoms with E-state index in [0.29, 0.717) is 19.6 Å². The third kappa shape index (κ3) is 5.69. The van der Waals surface area contributed by atoms with E-state index in [4.69, 9.17) is 0 Å². The van der Waals surface area contributed by atoms with Crippen LogP contribution in [0, 0.1) is 0 Å². The zero-order chi connectivity index (χ0) is 19.1. The Labute approximate surface area is 155 Å². The number of nitrogens with zero attached hydrogens (tertiary/aromatic N) is 3. The SMILES string of the molecule is CCCc1cc(CN(C)C(=O)CC2C(=O)NCCN2CC=C(C)C)[nH]n1. The summed E-state index contributed by atoms with van der Waals surface area (Å²) in [6.45, 7) is 8.74. The molecule has 0 radical (unpaired) electrons. The van der Waals surface area contributed by atoms with Crippen LogP contribution in [-0.4, -0.2) is 64.5 Å². The van der Waals surface area contributed by atoms with Crippen LogP contribution < -0.4 is 5.32 Å². The number of nitrogens with one attached hydrogen (secondary N) is 2. The molecule has 1 fully saturated rings. The average Bonchev–Trinajstić information content (AvgIpc) is 3.02. The molecule has 144 valence electrons. The highest BCUT2D eigenvalue weighted by Gasteiger charge is 2.31. The van der Waals surface area contributed by atoms with Crippen molar-refractivity contribution < 1.29 is 9.59 Å². The Morgan fingerprint density at radius 1 is 1.46 bits per heavy atom. The minimum atomic E-state index is -0.410. The molecule has 26 heavy (non-hydrogen) atoms. The number of H-pyrrole nitrogens is 1. The molecule has 1 aliphatic heterocycles. The largest absolute Gasteiger partial charge is 0.353 e. The van der Waals surface area contributed by atoms with Crippen molar-refractivity contribution in [1.82, 2.24) is 25.3 Å². The quantitative estimate of drug-likeness (QED) is 0.687. The summed E-state index contributed by atoms with van der Waals surface area (Å²) in [5.41, 5.74) is 3.14. The van der Waals surface area contributed by atoms with Crippen LogP contribution in [0.15, 0.2) is 17.7 Å². The number of hydrogen-bond acceptors (Lipinski definition) is 4. The molecule has 1 saturated heterocycles. The van der Waals surface area contributed by atoms with E-state index in [2.05, 4.69) is 33.4 Å². The molecular weight excluding hydrogens is 330 g/mol. The highest BCUT2D eigenvalue weighted by Crippen LogP contribution is 2.13. The summed E-state index contributed by atoms with van der Waals surface area (Å²) in [6.07, 6.45) is 4.25. The van der Waals surface area contributed by atoms with E-state index < -0.39 is 6.04 Å². The fourth-order valence-corrected chi connectivity index (χ4v) is 3.04. The van der Waals surface area contributed by atoms with Gasteiger partial charge in [0, 0.05) is 26.7 Å². The van der Waals surface area contributed by atoms with Gasteiger partial charge in [-0.25, -0.2) is 0 Å². The van der Waals surface area contributed by atoms with Gasteiger partial charge in [-0.05, 0) is 26.3 Å². The maximum atomic E-state index is 12.6. The summed E-state index contributed by atoms with van der Waals surface area (Å²) >= 11 is 0. The van der Waals surface area contributed by atoms with Crippen LogP contribution in [0.1, 0.15) is 45.0 Å². The molecule has 0 bridgehead atoms. The Morgan fingerprint density at radius 3 is 2.92 bits per heavy atom. The molecule has 1 atom stereocenters. The molecule has 2 N–H and O–H groups in total. The minimum Gasteiger partial charge on any atom is -0.353 e. The van der Waals surface area contributed by atoms with Gasteiger partial charge in [-0.3, -0.25) is 19.6 Å². The molecule has 0 aromatic carbocycles. The van der Waals surface area contributed by atoms with E-state index in [1.54, 1.807) is 11.9 Å². The fourth-order valence-electron chi connectivity index (χ4n) is 3.04. The zero-order valence-electron chi connectivity index (χ0n) is 16.3. The van der Waals surface area contributed by atoms with Crippen molar-refractivity contribution in [2.24, 2.45) is 0 Å². The van der Waals surface area contributed by atoms with E-state index in [-0.39, 0.29) is 18.2 Å². The van der Waals surface area contributed by atoms with Gasteiger partial charge in [-0.2, -0.15) is 5.10 Å². The molecule has 7 heteroatoms. The predicted molar refractivity (Wildman–Crippen MR) is 101 cm³/mol. The van der Waals surface area contributed by atoms with Crippen molar-refractivity contribution in [3.05, 3.63) is 29.1 Å². The van der Waals surface area contributed by atoms with E-state index in [9.17, 15) is 9.59 Å². The Balaban J connectivity index is 1.95. The Hall–Kier alpha value is -2.15. The normalized spacial score (nSPS) is 17.7. The molecule has 2 amide bonds. The van der Waals surface area contributed by atoms with E-state index in [1.165, 1.54) is 5.57 Å². The molecule has 0 saturated carbocycles. The topological polar surface area (TPSA) is 81.3 Å². The van der Waals surface area contributed by atoms with E-state index in [1.807, 2.05) is 19.9 Å². The lowest BCUT2D eigenvalue weighted by atomic mass is 10.1. The van der Waals surface area contributed by atoms with E-state index in [0.717, 1.165) is 30.8 Å². The first-order valence-electron chi connectivity index (χ1n) is 9.33. The number of amides is 2. The molecule has 2 rings (SSSR count). The van der Waals surface area contributed by atoms with Gasteiger partial charge < -0.3 is 10.2 Å². The van der Waals surface area contributed by atoms with Crippen LogP contribution >= 0.6 is 0 Å². The van der Waals surface area contributed by atoms with Crippen molar-refractivity contribution in [2.45, 2.75) is 52.6 Å². The van der Waals surface area contributed by atoms with Gasteiger partial charge in [0.05, 0.1) is 30.4 Å². The summed E-state index contributed by atoms with van der Waals surface area (Å²) in [4.78, 5) is 28.7. The van der Waals surface area contributed by atoms with Crippen molar-refractivity contribution in [3.63, 3.8) is 0 Å². The Kier molecular flexibility index (Phi) is 7.38.